The molecule has 86 heavy (non-hydrogen) atoms. The summed E-state index contributed by atoms with van der Waals surface area (Å²) in [6, 6.07) is -0.537. The third-order valence-electron chi connectivity index (χ3n) is 19.1. The molecule has 0 aliphatic rings. The molecule has 0 saturated heterocycles. The molecule has 0 saturated carbocycles. The van der Waals surface area contributed by atoms with Crippen LogP contribution in [0.5, 0.6) is 0 Å². The van der Waals surface area contributed by atoms with Crippen LogP contribution in [0, 0.1) is 0 Å². The molecule has 0 radical (unpaired) electrons. The zero-order valence-corrected chi connectivity index (χ0v) is 58.8. The van der Waals surface area contributed by atoms with E-state index in [1.165, 1.54) is 392 Å². The van der Waals surface area contributed by atoms with Gasteiger partial charge < -0.3 is 20.3 Å². The number of nitrogens with one attached hydrogen (secondary N) is 1. The first kappa shape index (κ1) is 84.6. The minimum absolute atomic E-state index is 0.0209. The van der Waals surface area contributed by atoms with Gasteiger partial charge in [0.15, 0.2) is 0 Å². The molecule has 3 N–H and O–H groups in total. The normalized spacial score (nSPS) is 12.5. The molecule has 0 bridgehead atoms. The summed E-state index contributed by atoms with van der Waals surface area (Å²) in [5.41, 5.74) is 0. The SMILES string of the molecule is CCCCCCCCC/C=C\CCCCCCCCCC(=O)OCCCCCCCCCCCCCCCCCCCCCCCCCCCCCCCCCCCCCC(=O)NC(CO)C(O)CCCCCCCCCCCCCCCCCC. The zero-order chi connectivity index (χ0) is 62.0. The largest absolute Gasteiger partial charge is 0.466 e. The van der Waals surface area contributed by atoms with Crippen molar-refractivity contribution in [3.05, 3.63) is 12.2 Å². The van der Waals surface area contributed by atoms with Crippen LogP contribution in [0.1, 0.15) is 463 Å². The number of aliphatic hydroxyl groups excluding tert-OH is 2. The van der Waals surface area contributed by atoms with Crippen molar-refractivity contribution in [1.29, 1.82) is 0 Å². The first-order valence-corrected chi connectivity index (χ1v) is 39.9. The number of unbranched alkanes of at least 4 members (excludes halogenated alkanes) is 63. The van der Waals surface area contributed by atoms with E-state index >= 15 is 0 Å². The Labute approximate surface area is 539 Å². The van der Waals surface area contributed by atoms with Crippen molar-refractivity contribution in [2.24, 2.45) is 0 Å². The van der Waals surface area contributed by atoms with Crippen LogP contribution in [0.15, 0.2) is 12.2 Å². The van der Waals surface area contributed by atoms with Gasteiger partial charge in [-0.15, -0.1) is 0 Å². The molecule has 0 aromatic rings. The summed E-state index contributed by atoms with van der Waals surface area (Å²) in [6.07, 6.45) is 96.0. The third-order valence-corrected chi connectivity index (χ3v) is 19.1. The lowest BCUT2D eigenvalue weighted by Gasteiger charge is -2.22. The second-order valence-electron chi connectivity index (χ2n) is 27.8. The second-order valence-corrected chi connectivity index (χ2v) is 27.8. The van der Waals surface area contributed by atoms with Crippen LogP contribution in [0.3, 0.4) is 0 Å². The Balaban J connectivity index is 3.29. The minimum Gasteiger partial charge on any atom is -0.466 e. The van der Waals surface area contributed by atoms with Crippen molar-refractivity contribution >= 4 is 11.9 Å². The molecule has 1 amide bonds. The Hall–Kier alpha value is -1.40. The van der Waals surface area contributed by atoms with Gasteiger partial charge in [-0.05, 0) is 51.4 Å². The van der Waals surface area contributed by atoms with E-state index in [0.29, 0.717) is 25.9 Å². The Bertz CT molecular complexity index is 1300. The topological polar surface area (TPSA) is 95.9 Å². The molecular formula is C80H157NO5. The van der Waals surface area contributed by atoms with Gasteiger partial charge in [-0.3, -0.25) is 9.59 Å². The maximum atomic E-state index is 12.5. The van der Waals surface area contributed by atoms with E-state index in [0.717, 1.165) is 38.5 Å². The highest BCUT2D eigenvalue weighted by atomic mass is 16.5. The fraction of sp³-hybridized carbons (Fsp3) is 0.950. The Morgan fingerprint density at radius 2 is 0.547 bits per heavy atom. The molecule has 2 unspecified atom stereocenters. The lowest BCUT2D eigenvalue weighted by atomic mass is 10.0. The number of hydrogen-bond donors (Lipinski definition) is 3. The predicted molar refractivity (Wildman–Crippen MR) is 380 cm³/mol. The van der Waals surface area contributed by atoms with Crippen LogP contribution < -0.4 is 5.32 Å². The van der Waals surface area contributed by atoms with Crippen LogP contribution in [-0.2, 0) is 14.3 Å². The summed E-state index contributed by atoms with van der Waals surface area (Å²) in [5.74, 6) is -0.00442. The highest BCUT2D eigenvalue weighted by Gasteiger charge is 2.20. The molecule has 512 valence electrons. The van der Waals surface area contributed by atoms with E-state index in [-0.39, 0.29) is 18.5 Å². The van der Waals surface area contributed by atoms with Gasteiger partial charge in [-0.25, -0.2) is 0 Å². The van der Waals surface area contributed by atoms with Crippen LogP contribution in [0.2, 0.25) is 0 Å². The Kier molecular flexibility index (Phi) is 74.8. The van der Waals surface area contributed by atoms with Gasteiger partial charge in [-0.2, -0.15) is 0 Å². The monoisotopic (exact) mass is 1210 g/mol. The average molecular weight is 1210 g/mol. The van der Waals surface area contributed by atoms with Crippen LogP contribution in [0.4, 0.5) is 0 Å². The number of aliphatic hydroxyl groups is 2. The number of amides is 1. The van der Waals surface area contributed by atoms with Gasteiger partial charge >= 0.3 is 5.97 Å². The summed E-state index contributed by atoms with van der Waals surface area (Å²) in [5, 5.41) is 23.4. The van der Waals surface area contributed by atoms with Gasteiger partial charge in [0.1, 0.15) is 0 Å². The fourth-order valence-corrected chi connectivity index (χ4v) is 13.0. The second kappa shape index (κ2) is 76.1. The first-order valence-electron chi connectivity index (χ1n) is 39.9. The van der Waals surface area contributed by atoms with E-state index in [1.807, 2.05) is 0 Å². The maximum absolute atomic E-state index is 12.5. The van der Waals surface area contributed by atoms with E-state index in [9.17, 15) is 19.8 Å². The standard InChI is InChI=1S/C80H157NO5/c1-3-5-7-9-11-13-15-17-19-21-42-46-50-54-58-62-66-70-74-80(85)86-75-71-67-63-59-55-51-47-43-40-38-36-34-32-30-28-26-24-22-23-25-27-29-31-33-35-37-39-41-45-49-53-57-61-65-69-73-79(84)81-77(76-82)78(83)72-68-64-60-56-52-48-44-20-18-16-14-12-10-8-6-4-2/h19,21,77-78,82-83H,3-18,20,22-76H2,1-2H3,(H,81,84)/b21-19-. The Morgan fingerprint density at radius 1 is 0.314 bits per heavy atom. The van der Waals surface area contributed by atoms with Gasteiger partial charge in [-0.1, -0.05) is 411 Å². The molecule has 6 heteroatoms. The number of carbonyl (C=O) groups excluding carboxylic acids is 2. The molecule has 2 atom stereocenters. The van der Waals surface area contributed by atoms with Gasteiger partial charge in [0.05, 0.1) is 25.4 Å². The fourth-order valence-electron chi connectivity index (χ4n) is 13.0. The summed E-state index contributed by atoms with van der Waals surface area (Å²) in [4.78, 5) is 24.7. The van der Waals surface area contributed by atoms with E-state index in [2.05, 4.69) is 31.3 Å². The molecule has 0 heterocycles. The number of ether oxygens (including phenoxy) is 1. The molecule has 0 aromatic carbocycles. The van der Waals surface area contributed by atoms with Crippen LogP contribution in [0.25, 0.3) is 0 Å². The number of esters is 1. The van der Waals surface area contributed by atoms with E-state index in [4.69, 9.17) is 4.74 Å². The van der Waals surface area contributed by atoms with Crippen molar-refractivity contribution in [2.75, 3.05) is 13.2 Å². The molecule has 0 aliphatic heterocycles. The number of rotatable bonds is 76. The molecule has 6 nitrogen and oxygen atoms in total. The lowest BCUT2D eigenvalue weighted by molar-refractivity contribution is -0.143. The van der Waals surface area contributed by atoms with Gasteiger partial charge in [0, 0.05) is 12.8 Å². The maximum Gasteiger partial charge on any atom is 0.305 e. The zero-order valence-electron chi connectivity index (χ0n) is 58.8. The highest BCUT2D eigenvalue weighted by Crippen LogP contribution is 2.20. The van der Waals surface area contributed by atoms with Crippen LogP contribution >= 0.6 is 0 Å². The summed E-state index contributed by atoms with van der Waals surface area (Å²) < 4.78 is 5.52. The van der Waals surface area contributed by atoms with Crippen LogP contribution in [-0.4, -0.2) is 47.4 Å². The average Bonchev–Trinajstić information content (AvgIpc) is 3.60. The lowest BCUT2D eigenvalue weighted by Crippen LogP contribution is -2.45. The molecule has 0 fully saturated rings. The smallest absolute Gasteiger partial charge is 0.305 e. The summed E-state index contributed by atoms with van der Waals surface area (Å²) >= 11 is 0. The minimum atomic E-state index is -0.660. The Morgan fingerprint density at radius 3 is 0.826 bits per heavy atom. The molecule has 0 rings (SSSR count). The number of hydrogen-bond acceptors (Lipinski definition) is 5. The summed E-state index contributed by atoms with van der Waals surface area (Å²) in [6.45, 7) is 5.00. The first-order chi connectivity index (χ1) is 42.5. The quantitative estimate of drug-likeness (QED) is 0.0320. The van der Waals surface area contributed by atoms with Gasteiger partial charge in [0.2, 0.25) is 5.91 Å². The third kappa shape index (κ3) is 71.7. The molecule has 0 spiro atoms. The van der Waals surface area contributed by atoms with E-state index in [1.54, 1.807) is 0 Å². The number of carbonyl (C=O) groups is 2. The molecule has 0 aliphatic carbocycles. The highest BCUT2D eigenvalue weighted by molar-refractivity contribution is 5.76. The van der Waals surface area contributed by atoms with E-state index < -0.39 is 12.1 Å². The van der Waals surface area contributed by atoms with Crippen molar-refractivity contribution in [2.45, 2.75) is 475 Å². The van der Waals surface area contributed by atoms with Gasteiger partial charge in [0.25, 0.3) is 0 Å². The van der Waals surface area contributed by atoms with Crippen molar-refractivity contribution in [3.63, 3.8) is 0 Å². The van der Waals surface area contributed by atoms with Crippen molar-refractivity contribution in [1.82, 2.24) is 5.32 Å². The molecule has 0 aromatic heterocycles. The van der Waals surface area contributed by atoms with Crippen molar-refractivity contribution < 1.29 is 24.5 Å². The summed E-state index contributed by atoms with van der Waals surface area (Å²) in [7, 11) is 0. The number of allylic oxidation sites excluding steroid dienone is 2. The predicted octanol–water partition coefficient (Wildman–Crippen LogP) is 26.3. The van der Waals surface area contributed by atoms with Crippen molar-refractivity contribution in [3.8, 4) is 0 Å². The molecular weight excluding hydrogens is 1050 g/mol.